The molecule has 0 spiro atoms. The molecule has 0 rings (SSSR count). The third-order valence-electron chi connectivity index (χ3n) is 2.96. The summed E-state index contributed by atoms with van der Waals surface area (Å²) < 4.78 is 0. The minimum atomic E-state index is -1.54. The van der Waals surface area contributed by atoms with Crippen LogP contribution >= 0.6 is 0 Å². The fraction of sp³-hybridized carbons (Fsp3) is 0.818. The Bertz CT molecular complexity index is 222. The van der Waals surface area contributed by atoms with Crippen molar-refractivity contribution < 1.29 is 90.0 Å². The average molecular weight is 260 g/mol. The fourth-order valence-electron chi connectivity index (χ4n) is 2.01. The zero-order chi connectivity index (χ0) is 12.0. The third kappa shape index (κ3) is 8.04. The zero-order valence-electron chi connectivity index (χ0n) is 11.5. The molecule has 0 saturated carbocycles. The molecule has 0 saturated heterocycles. The van der Waals surface area contributed by atoms with Crippen molar-refractivity contribution in [1.29, 1.82) is 0 Å². The van der Waals surface area contributed by atoms with Gasteiger partial charge in [0.2, 0.25) is 0 Å². The normalized spacial score (nSPS) is 13.2. The van der Waals surface area contributed by atoms with Gasteiger partial charge in [-0.3, -0.25) is 0 Å². The number of aliphatic carboxylic acids is 2. The molecule has 4 nitrogen and oxygen atoms in total. The number of carboxylic acids is 2. The van der Waals surface area contributed by atoms with Gasteiger partial charge in [-0.15, -0.1) is 0 Å². The number of hydrogen-bond donors (Lipinski definition) is 0. The number of carboxylic acid groups (broad SMARTS) is 2. The van der Waals surface area contributed by atoms with Gasteiger partial charge in [-0.25, -0.2) is 0 Å². The van der Waals surface area contributed by atoms with E-state index >= 15 is 0 Å². The van der Waals surface area contributed by atoms with Crippen LogP contribution in [0.15, 0.2) is 0 Å². The molecule has 0 aliphatic heterocycles. The molecular weight excluding hydrogens is 242 g/mol. The summed E-state index contributed by atoms with van der Waals surface area (Å²) in [6.45, 7) is 5.56. The van der Waals surface area contributed by atoms with Gasteiger partial charge in [-0.05, 0) is 11.8 Å². The van der Waals surface area contributed by atoms with Crippen LogP contribution in [0.5, 0.6) is 0 Å². The molecule has 2 atom stereocenters. The van der Waals surface area contributed by atoms with Gasteiger partial charge in [0.1, 0.15) is 0 Å². The first-order valence-electron chi connectivity index (χ1n) is 5.37. The van der Waals surface area contributed by atoms with Gasteiger partial charge in [0.25, 0.3) is 0 Å². The van der Waals surface area contributed by atoms with Gasteiger partial charge >= 0.3 is 70.2 Å². The van der Waals surface area contributed by atoms with Crippen molar-refractivity contribution >= 4 is 11.9 Å². The number of carbonyl (C=O) groups excluding carboxylic acids is 2. The summed E-state index contributed by atoms with van der Waals surface area (Å²) in [7, 11) is 0. The predicted molar refractivity (Wildman–Crippen MR) is 51.4 cm³/mol. The second-order valence-electron chi connectivity index (χ2n) is 3.93. The first-order valence-corrected chi connectivity index (χ1v) is 5.37. The third-order valence-corrected chi connectivity index (χ3v) is 2.96. The summed E-state index contributed by atoms with van der Waals surface area (Å²) in [6, 6.07) is 0. The van der Waals surface area contributed by atoms with Crippen molar-refractivity contribution in [2.75, 3.05) is 0 Å². The van der Waals surface area contributed by atoms with Crippen molar-refractivity contribution in [1.82, 2.24) is 0 Å². The Morgan fingerprint density at radius 2 is 1.53 bits per heavy atom. The van der Waals surface area contributed by atoms with Crippen LogP contribution in [0.1, 0.15) is 40.0 Å². The maximum absolute atomic E-state index is 10.7. The SMILES string of the molecule is CCCC(CC)C(C)C(C(=O)[O-])C(=O)[O-].[K+].[Li+]. The van der Waals surface area contributed by atoms with Crippen LogP contribution in [0.25, 0.3) is 0 Å². The molecule has 0 aliphatic carbocycles. The average Bonchev–Trinajstić information content (AvgIpc) is 2.12. The van der Waals surface area contributed by atoms with Gasteiger partial charge in [-0.2, -0.15) is 0 Å². The smallest absolute Gasteiger partial charge is 0.549 e. The minimum absolute atomic E-state index is 0. The quantitative estimate of drug-likeness (QED) is 0.337. The van der Waals surface area contributed by atoms with Crippen molar-refractivity contribution in [3.8, 4) is 0 Å². The molecule has 0 N–H and O–H groups in total. The summed E-state index contributed by atoms with van der Waals surface area (Å²) in [5, 5.41) is 21.4. The Morgan fingerprint density at radius 1 is 1.12 bits per heavy atom. The van der Waals surface area contributed by atoms with Crippen LogP contribution in [0, 0.1) is 17.8 Å². The van der Waals surface area contributed by atoms with Crippen molar-refractivity contribution in [3.05, 3.63) is 0 Å². The molecular formula is C11H18KLiO4. The Labute approximate surface area is 158 Å². The van der Waals surface area contributed by atoms with Crippen LogP contribution in [0.3, 0.4) is 0 Å². The van der Waals surface area contributed by atoms with Crippen molar-refractivity contribution in [2.24, 2.45) is 17.8 Å². The van der Waals surface area contributed by atoms with Gasteiger partial charge in [0, 0.05) is 5.92 Å². The van der Waals surface area contributed by atoms with E-state index in [0.717, 1.165) is 19.3 Å². The Morgan fingerprint density at radius 3 is 1.76 bits per heavy atom. The first-order chi connectivity index (χ1) is 6.95. The fourth-order valence-corrected chi connectivity index (χ4v) is 2.01. The van der Waals surface area contributed by atoms with E-state index in [-0.39, 0.29) is 76.2 Å². The van der Waals surface area contributed by atoms with E-state index in [4.69, 9.17) is 0 Å². The summed E-state index contributed by atoms with van der Waals surface area (Å²) in [5.74, 6) is -4.93. The molecule has 0 aromatic rings. The van der Waals surface area contributed by atoms with Crippen molar-refractivity contribution in [2.45, 2.75) is 40.0 Å². The van der Waals surface area contributed by atoms with E-state index in [1.807, 2.05) is 13.8 Å². The first kappa shape index (κ1) is 23.3. The minimum Gasteiger partial charge on any atom is -0.549 e. The Hall–Kier alpha value is 1.17. The van der Waals surface area contributed by atoms with Gasteiger partial charge < -0.3 is 19.8 Å². The summed E-state index contributed by atoms with van der Waals surface area (Å²) in [5.41, 5.74) is 0. The standard InChI is InChI=1S/C11H20O4.K.Li/c1-4-6-8(5-2)7(3)9(10(12)13)11(14)15;;/h7-9H,4-6H2,1-3H3,(H,12,13)(H,14,15);;/q;2*+1/p-2. The van der Waals surface area contributed by atoms with E-state index in [1.54, 1.807) is 6.92 Å². The van der Waals surface area contributed by atoms with Crippen LogP contribution in [0.4, 0.5) is 0 Å². The largest absolute Gasteiger partial charge is 1.00 e. The molecule has 6 heteroatoms. The Balaban J connectivity index is -0.000000980. The number of hydrogen-bond acceptors (Lipinski definition) is 4. The monoisotopic (exact) mass is 260 g/mol. The molecule has 0 amide bonds. The second-order valence-corrected chi connectivity index (χ2v) is 3.93. The molecule has 0 aromatic carbocycles. The van der Waals surface area contributed by atoms with Crippen LogP contribution in [-0.4, -0.2) is 11.9 Å². The predicted octanol–water partition coefficient (Wildman–Crippen LogP) is -6.43. The van der Waals surface area contributed by atoms with E-state index in [9.17, 15) is 19.8 Å². The maximum atomic E-state index is 10.7. The topological polar surface area (TPSA) is 80.3 Å². The van der Waals surface area contributed by atoms with Crippen LogP contribution in [-0.2, 0) is 9.59 Å². The van der Waals surface area contributed by atoms with Gasteiger partial charge in [-0.1, -0.05) is 40.0 Å². The summed E-state index contributed by atoms with van der Waals surface area (Å²) >= 11 is 0. The van der Waals surface area contributed by atoms with Gasteiger partial charge in [0.15, 0.2) is 0 Å². The molecule has 88 valence electrons. The molecule has 0 fully saturated rings. The molecule has 0 aliphatic rings. The number of carbonyl (C=O) groups is 2. The molecule has 0 radical (unpaired) electrons. The number of rotatable bonds is 7. The Kier molecular flexibility index (Phi) is 16.7. The molecule has 0 heterocycles. The molecule has 2 unspecified atom stereocenters. The van der Waals surface area contributed by atoms with E-state index in [2.05, 4.69) is 0 Å². The van der Waals surface area contributed by atoms with Crippen LogP contribution < -0.4 is 80.5 Å². The molecule has 0 aromatic heterocycles. The van der Waals surface area contributed by atoms with E-state index in [0.29, 0.717) is 0 Å². The van der Waals surface area contributed by atoms with Crippen molar-refractivity contribution in [3.63, 3.8) is 0 Å². The maximum Gasteiger partial charge on any atom is 1.00 e. The zero-order valence-corrected chi connectivity index (χ0v) is 14.6. The summed E-state index contributed by atoms with van der Waals surface area (Å²) in [4.78, 5) is 21.4. The molecule has 17 heavy (non-hydrogen) atoms. The van der Waals surface area contributed by atoms with Crippen LogP contribution in [0.2, 0.25) is 0 Å². The molecule has 0 bridgehead atoms. The second kappa shape index (κ2) is 12.2. The van der Waals surface area contributed by atoms with E-state index < -0.39 is 23.8 Å². The van der Waals surface area contributed by atoms with Gasteiger partial charge in [0.05, 0.1) is 11.9 Å². The van der Waals surface area contributed by atoms with E-state index in [1.165, 1.54) is 0 Å². The summed E-state index contributed by atoms with van der Waals surface area (Å²) in [6.07, 6.45) is 2.51.